The first-order chi connectivity index (χ1) is 17.4. The van der Waals surface area contributed by atoms with Gasteiger partial charge in [0.25, 0.3) is 0 Å². The Morgan fingerprint density at radius 2 is 1.35 bits per heavy atom. The first-order valence-corrected chi connectivity index (χ1v) is 12.9. The van der Waals surface area contributed by atoms with E-state index in [0.29, 0.717) is 19.3 Å². The third-order valence-corrected chi connectivity index (χ3v) is 5.99. The SMILES string of the molecule is Cl.NC(=O)C[C@H](CCCCCCCc1ccccc1)OC(=O)[C@@H](N)CCCC(=O)OCc1ccccc1. The molecule has 2 rings (SSSR count). The van der Waals surface area contributed by atoms with E-state index < -0.39 is 24.0 Å². The monoisotopic (exact) mass is 532 g/mol. The summed E-state index contributed by atoms with van der Waals surface area (Å²) < 4.78 is 10.7. The number of carbonyl (C=O) groups is 3. The molecule has 0 saturated heterocycles. The normalized spacial score (nSPS) is 12.1. The van der Waals surface area contributed by atoms with Crippen molar-refractivity contribution in [1.29, 1.82) is 0 Å². The molecule has 1 amide bonds. The van der Waals surface area contributed by atoms with Crippen LogP contribution in [0.1, 0.15) is 75.3 Å². The van der Waals surface area contributed by atoms with Crippen molar-refractivity contribution in [3.8, 4) is 0 Å². The van der Waals surface area contributed by atoms with E-state index >= 15 is 0 Å². The topological polar surface area (TPSA) is 122 Å². The quantitative estimate of drug-likeness (QED) is 0.205. The van der Waals surface area contributed by atoms with E-state index in [1.54, 1.807) is 0 Å². The highest BCUT2D eigenvalue weighted by Gasteiger charge is 2.22. The Hall–Kier alpha value is -2.90. The second-order valence-electron chi connectivity index (χ2n) is 9.17. The van der Waals surface area contributed by atoms with Crippen molar-refractivity contribution in [3.05, 3.63) is 71.8 Å². The molecule has 2 atom stereocenters. The highest BCUT2D eigenvalue weighted by atomic mass is 35.5. The lowest BCUT2D eigenvalue weighted by molar-refractivity contribution is -0.153. The molecule has 2 aromatic carbocycles. The summed E-state index contributed by atoms with van der Waals surface area (Å²) in [4.78, 5) is 35.8. The van der Waals surface area contributed by atoms with E-state index in [-0.39, 0.29) is 37.8 Å². The number of hydrogen-bond donors (Lipinski definition) is 2. The van der Waals surface area contributed by atoms with Crippen molar-refractivity contribution >= 4 is 30.3 Å². The molecule has 0 unspecified atom stereocenters. The molecule has 8 heteroatoms. The number of aryl methyl sites for hydroxylation is 1. The van der Waals surface area contributed by atoms with Gasteiger partial charge in [0.05, 0.1) is 6.42 Å². The number of esters is 2. The van der Waals surface area contributed by atoms with E-state index in [9.17, 15) is 14.4 Å². The second kappa shape index (κ2) is 19.2. The number of rotatable bonds is 18. The van der Waals surface area contributed by atoms with Crippen molar-refractivity contribution in [2.75, 3.05) is 0 Å². The molecule has 7 nitrogen and oxygen atoms in total. The van der Waals surface area contributed by atoms with Crippen molar-refractivity contribution < 1.29 is 23.9 Å². The third-order valence-electron chi connectivity index (χ3n) is 5.99. The number of halogens is 1. The summed E-state index contributed by atoms with van der Waals surface area (Å²) in [5.41, 5.74) is 13.6. The minimum atomic E-state index is -0.861. The largest absolute Gasteiger partial charge is 0.461 e. The summed E-state index contributed by atoms with van der Waals surface area (Å²) in [6.07, 6.45) is 7.14. The van der Waals surface area contributed by atoms with Crippen LogP contribution in [0.3, 0.4) is 0 Å². The van der Waals surface area contributed by atoms with Gasteiger partial charge in [-0.2, -0.15) is 0 Å². The smallest absolute Gasteiger partial charge is 0.323 e. The van der Waals surface area contributed by atoms with Gasteiger partial charge in [-0.25, -0.2) is 0 Å². The van der Waals surface area contributed by atoms with Crippen molar-refractivity contribution in [2.45, 2.75) is 89.4 Å². The summed E-state index contributed by atoms with van der Waals surface area (Å²) in [5, 5.41) is 0. The molecule has 204 valence electrons. The first-order valence-electron chi connectivity index (χ1n) is 12.9. The summed E-state index contributed by atoms with van der Waals surface area (Å²) in [7, 11) is 0. The maximum atomic E-state index is 12.4. The van der Waals surface area contributed by atoms with Gasteiger partial charge in [0, 0.05) is 6.42 Å². The molecule has 0 aliphatic rings. The first kappa shape index (κ1) is 32.1. The molecule has 0 radical (unpaired) electrons. The lowest BCUT2D eigenvalue weighted by Crippen LogP contribution is -2.36. The molecule has 4 N–H and O–H groups in total. The fourth-order valence-corrected chi connectivity index (χ4v) is 3.95. The van der Waals surface area contributed by atoms with Crippen LogP contribution in [0.5, 0.6) is 0 Å². The minimum absolute atomic E-state index is 0. The van der Waals surface area contributed by atoms with E-state index in [0.717, 1.165) is 44.1 Å². The van der Waals surface area contributed by atoms with Gasteiger partial charge in [-0.3, -0.25) is 14.4 Å². The molecule has 0 spiro atoms. The number of benzene rings is 2. The number of ether oxygens (including phenoxy) is 2. The highest BCUT2D eigenvalue weighted by Crippen LogP contribution is 2.15. The molecule has 37 heavy (non-hydrogen) atoms. The maximum absolute atomic E-state index is 12.4. The summed E-state index contributed by atoms with van der Waals surface area (Å²) in [5.74, 6) is -1.41. The van der Waals surface area contributed by atoms with Gasteiger partial charge in [-0.15, -0.1) is 12.4 Å². The zero-order valence-corrected chi connectivity index (χ0v) is 22.3. The third kappa shape index (κ3) is 15.1. The Kier molecular flexibility index (Phi) is 16.7. The van der Waals surface area contributed by atoms with Crippen molar-refractivity contribution in [1.82, 2.24) is 0 Å². The van der Waals surface area contributed by atoms with Crippen LogP contribution < -0.4 is 11.5 Å². The Balaban J connectivity index is 0.00000684. The standard InChI is InChI=1S/C29H40N2O5.ClH/c30-26(19-12-20-28(33)35-22-24-16-9-5-10-17-24)29(34)36-25(21-27(31)32)18-11-3-1-2-6-13-23-14-7-4-8-15-23;/h4-5,7-10,14-17,25-26H,1-3,6,11-13,18-22,30H2,(H2,31,32);1H/t25-,26-;/m0./s1. The lowest BCUT2D eigenvalue weighted by Gasteiger charge is -2.19. The van der Waals surface area contributed by atoms with E-state index in [2.05, 4.69) is 24.3 Å². The Labute approximate surface area is 226 Å². The number of unbranched alkanes of at least 4 members (excludes halogenated alkanes) is 4. The molecule has 0 aromatic heterocycles. The van der Waals surface area contributed by atoms with Gasteiger partial charge in [0.1, 0.15) is 18.8 Å². The molecule has 0 aliphatic carbocycles. The number of carbonyl (C=O) groups excluding carboxylic acids is 3. The number of primary amides is 1. The van der Waals surface area contributed by atoms with Gasteiger partial charge >= 0.3 is 11.9 Å². The van der Waals surface area contributed by atoms with Crippen LogP contribution >= 0.6 is 12.4 Å². The van der Waals surface area contributed by atoms with Gasteiger partial charge in [-0.1, -0.05) is 79.9 Å². The van der Waals surface area contributed by atoms with Gasteiger partial charge < -0.3 is 20.9 Å². The van der Waals surface area contributed by atoms with Gasteiger partial charge in [-0.05, 0) is 49.7 Å². The summed E-state index contributed by atoms with van der Waals surface area (Å²) in [6, 6.07) is 19.0. The molecular weight excluding hydrogens is 492 g/mol. The maximum Gasteiger partial charge on any atom is 0.323 e. The van der Waals surface area contributed by atoms with Crippen LogP contribution in [0.25, 0.3) is 0 Å². The Morgan fingerprint density at radius 1 is 0.757 bits per heavy atom. The highest BCUT2D eigenvalue weighted by molar-refractivity contribution is 5.85. The molecule has 0 saturated carbocycles. The molecule has 0 aliphatic heterocycles. The molecule has 0 fully saturated rings. The second-order valence-corrected chi connectivity index (χ2v) is 9.17. The van der Waals surface area contributed by atoms with Gasteiger partial charge in [0.15, 0.2) is 0 Å². The summed E-state index contributed by atoms with van der Waals surface area (Å²) in [6.45, 7) is 0.218. The summed E-state index contributed by atoms with van der Waals surface area (Å²) >= 11 is 0. The molecule has 0 heterocycles. The van der Waals surface area contributed by atoms with Crippen molar-refractivity contribution in [2.24, 2.45) is 11.5 Å². The number of amides is 1. The molecule has 0 bridgehead atoms. The average molecular weight is 533 g/mol. The predicted molar refractivity (Wildman–Crippen MR) is 147 cm³/mol. The fourth-order valence-electron chi connectivity index (χ4n) is 3.95. The van der Waals surface area contributed by atoms with Crippen molar-refractivity contribution in [3.63, 3.8) is 0 Å². The Bertz CT molecular complexity index is 911. The van der Waals surface area contributed by atoms with E-state index in [1.165, 1.54) is 5.56 Å². The Morgan fingerprint density at radius 3 is 2.00 bits per heavy atom. The van der Waals surface area contributed by atoms with E-state index in [1.807, 2.05) is 36.4 Å². The van der Waals surface area contributed by atoms with E-state index in [4.69, 9.17) is 20.9 Å². The zero-order chi connectivity index (χ0) is 26.0. The average Bonchev–Trinajstić information content (AvgIpc) is 2.87. The van der Waals surface area contributed by atoms with Crippen LogP contribution in [-0.2, 0) is 36.9 Å². The zero-order valence-electron chi connectivity index (χ0n) is 21.5. The van der Waals surface area contributed by atoms with Crippen LogP contribution in [0.15, 0.2) is 60.7 Å². The molecular formula is C29H41ClN2O5. The lowest BCUT2D eigenvalue weighted by atomic mass is 10.0. The van der Waals surface area contributed by atoms with Crippen LogP contribution in [0.2, 0.25) is 0 Å². The number of nitrogens with two attached hydrogens (primary N) is 2. The molecule has 2 aromatic rings. The van der Waals surface area contributed by atoms with Gasteiger partial charge in [0.2, 0.25) is 5.91 Å². The van der Waals surface area contributed by atoms with Crippen LogP contribution in [0, 0.1) is 0 Å². The fraction of sp³-hybridized carbons (Fsp3) is 0.483. The minimum Gasteiger partial charge on any atom is -0.461 e. The van der Waals surface area contributed by atoms with Crippen LogP contribution in [0.4, 0.5) is 0 Å². The van der Waals surface area contributed by atoms with Crippen LogP contribution in [-0.4, -0.2) is 30.0 Å². The number of hydrogen-bond acceptors (Lipinski definition) is 6. The predicted octanol–water partition coefficient (Wildman–Crippen LogP) is 5.02.